The average molecular weight is 511 g/mol. The molecule has 0 aliphatic carbocycles. The van der Waals surface area contributed by atoms with E-state index >= 15 is 0 Å². The fourth-order valence-corrected chi connectivity index (χ4v) is 4.50. The van der Waals surface area contributed by atoms with Crippen LogP contribution >= 0.6 is 23.2 Å². The first kappa shape index (κ1) is 25.0. The van der Waals surface area contributed by atoms with Crippen molar-refractivity contribution in [1.82, 2.24) is 0 Å². The van der Waals surface area contributed by atoms with Crippen LogP contribution in [0.1, 0.15) is 30.4 Å². The van der Waals surface area contributed by atoms with Crippen LogP contribution in [-0.4, -0.2) is 26.1 Å². The first-order valence-electron chi connectivity index (χ1n) is 11.6. The molecule has 1 saturated heterocycles. The predicted octanol–water partition coefficient (Wildman–Crippen LogP) is 7.22. The minimum Gasteiger partial charge on any atom is -0.493 e. The summed E-state index contributed by atoms with van der Waals surface area (Å²) in [5, 5.41) is 4.00. The van der Waals surface area contributed by atoms with Crippen LogP contribution in [0.2, 0.25) is 10.0 Å². The summed E-state index contributed by atoms with van der Waals surface area (Å²) in [5.41, 5.74) is 3.48. The van der Waals surface area contributed by atoms with Gasteiger partial charge in [-0.3, -0.25) is 4.79 Å². The highest BCUT2D eigenvalue weighted by Gasteiger charge is 2.12. The van der Waals surface area contributed by atoms with Crippen LogP contribution in [0, 0.1) is 0 Å². The van der Waals surface area contributed by atoms with E-state index < -0.39 is 0 Å². The highest BCUT2D eigenvalue weighted by atomic mass is 35.5. The number of nitrogens with zero attached hydrogens (tertiary/aromatic N) is 1. The molecule has 5 nitrogen and oxygen atoms in total. The molecule has 3 aromatic carbocycles. The molecule has 1 fully saturated rings. The van der Waals surface area contributed by atoms with E-state index in [0.717, 1.165) is 24.3 Å². The standard InChI is InChI=1S/C28H28Cl2N2O3/c1-34-27-18-20(8-14-26(27)35-19-23-24(29)6-5-7-25(23)30)9-15-28(33)31-21-10-12-22(13-11-21)32-16-3-2-4-17-32/h5-15,18H,2-4,16-17,19H2,1H3,(H,31,33)/b15-9+. The summed E-state index contributed by atoms with van der Waals surface area (Å²) in [7, 11) is 1.57. The quantitative estimate of drug-likeness (QED) is 0.325. The van der Waals surface area contributed by atoms with Crippen LogP contribution in [0.3, 0.4) is 0 Å². The van der Waals surface area contributed by atoms with Crippen LogP contribution < -0.4 is 19.7 Å². The van der Waals surface area contributed by atoms with Gasteiger partial charge in [0.25, 0.3) is 0 Å². The first-order chi connectivity index (χ1) is 17.0. The topological polar surface area (TPSA) is 50.8 Å². The zero-order chi connectivity index (χ0) is 24.6. The number of rotatable bonds is 8. The van der Waals surface area contributed by atoms with Crippen molar-refractivity contribution >= 4 is 46.6 Å². The largest absolute Gasteiger partial charge is 0.493 e. The normalized spacial score (nSPS) is 13.6. The van der Waals surface area contributed by atoms with Gasteiger partial charge in [0, 0.05) is 46.1 Å². The summed E-state index contributed by atoms with van der Waals surface area (Å²) in [6, 6.07) is 18.8. The second kappa shape index (κ2) is 12.0. The Hall–Kier alpha value is -3.15. The van der Waals surface area contributed by atoms with Gasteiger partial charge in [0.15, 0.2) is 11.5 Å². The third kappa shape index (κ3) is 6.71. The second-order valence-electron chi connectivity index (χ2n) is 8.32. The molecule has 1 N–H and O–H groups in total. The molecule has 0 bridgehead atoms. The van der Waals surface area contributed by atoms with Gasteiger partial charge in [0.05, 0.1) is 7.11 Å². The number of anilines is 2. The number of hydrogen-bond acceptors (Lipinski definition) is 4. The lowest BCUT2D eigenvalue weighted by atomic mass is 10.1. The number of carbonyl (C=O) groups is 1. The molecule has 0 radical (unpaired) electrons. The molecular formula is C28H28Cl2N2O3. The average Bonchev–Trinajstić information content (AvgIpc) is 2.88. The molecule has 0 spiro atoms. The minimum atomic E-state index is -0.205. The zero-order valence-corrected chi connectivity index (χ0v) is 21.1. The molecule has 7 heteroatoms. The summed E-state index contributed by atoms with van der Waals surface area (Å²) >= 11 is 12.4. The summed E-state index contributed by atoms with van der Waals surface area (Å²) in [6.45, 7) is 2.40. The van der Waals surface area contributed by atoms with Gasteiger partial charge in [-0.05, 0) is 79.4 Å². The van der Waals surface area contributed by atoms with Crippen molar-refractivity contribution in [1.29, 1.82) is 0 Å². The van der Waals surface area contributed by atoms with Crippen LogP contribution in [0.15, 0.2) is 66.7 Å². The lowest BCUT2D eigenvalue weighted by Gasteiger charge is -2.28. The Labute approximate surface area is 216 Å². The number of methoxy groups -OCH3 is 1. The minimum absolute atomic E-state index is 0.205. The molecule has 35 heavy (non-hydrogen) atoms. The summed E-state index contributed by atoms with van der Waals surface area (Å²) in [4.78, 5) is 14.8. The molecule has 0 unspecified atom stereocenters. The molecular weight excluding hydrogens is 483 g/mol. The zero-order valence-electron chi connectivity index (χ0n) is 19.6. The van der Waals surface area contributed by atoms with Crippen molar-refractivity contribution in [2.75, 3.05) is 30.4 Å². The van der Waals surface area contributed by atoms with Gasteiger partial charge in [0.1, 0.15) is 6.61 Å². The first-order valence-corrected chi connectivity index (χ1v) is 12.4. The van der Waals surface area contributed by atoms with Crippen LogP contribution in [0.4, 0.5) is 11.4 Å². The van der Waals surface area contributed by atoms with Crippen LogP contribution in [-0.2, 0) is 11.4 Å². The number of carbonyl (C=O) groups excluding carboxylic acids is 1. The number of ether oxygens (including phenoxy) is 2. The van der Waals surface area contributed by atoms with Gasteiger partial charge in [-0.2, -0.15) is 0 Å². The van der Waals surface area contributed by atoms with Gasteiger partial charge in [-0.25, -0.2) is 0 Å². The summed E-state index contributed by atoms with van der Waals surface area (Å²) in [6.07, 6.45) is 7.00. The summed E-state index contributed by atoms with van der Waals surface area (Å²) in [5.74, 6) is 0.895. The molecule has 182 valence electrons. The maximum Gasteiger partial charge on any atom is 0.248 e. The Morgan fingerprint density at radius 3 is 2.37 bits per heavy atom. The maximum atomic E-state index is 12.4. The Kier molecular flexibility index (Phi) is 8.56. The van der Waals surface area contributed by atoms with Crippen molar-refractivity contribution in [2.24, 2.45) is 0 Å². The third-order valence-corrected chi connectivity index (χ3v) is 6.61. The molecule has 1 heterocycles. The molecule has 0 saturated carbocycles. The van der Waals surface area contributed by atoms with Crippen molar-refractivity contribution in [2.45, 2.75) is 25.9 Å². The molecule has 1 aliphatic heterocycles. The molecule has 4 rings (SSSR count). The van der Waals surface area contributed by atoms with E-state index in [4.69, 9.17) is 32.7 Å². The van der Waals surface area contributed by atoms with Gasteiger partial charge >= 0.3 is 0 Å². The van der Waals surface area contributed by atoms with E-state index in [1.807, 2.05) is 18.2 Å². The number of halogens is 2. The van der Waals surface area contributed by atoms with Crippen molar-refractivity contribution in [3.63, 3.8) is 0 Å². The van der Waals surface area contributed by atoms with E-state index in [-0.39, 0.29) is 12.5 Å². The number of hydrogen-bond donors (Lipinski definition) is 1. The van der Waals surface area contributed by atoms with E-state index in [1.165, 1.54) is 31.0 Å². The van der Waals surface area contributed by atoms with E-state index in [2.05, 4.69) is 22.3 Å². The van der Waals surface area contributed by atoms with E-state index in [1.54, 1.807) is 43.5 Å². The lowest BCUT2D eigenvalue weighted by molar-refractivity contribution is -0.111. The number of amides is 1. The molecule has 3 aromatic rings. The fraction of sp³-hybridized carbons (Fsp3) is 0.250. The van der Waals surface area contributed by atoms with Crippen LogP contribution in [0.5, 0.6) is 11.5 Å². The highest BCUT2D eigenvalue weighted by molar-refractivity contribution is 6.35. The number of piperidine rings is 1. The van der Waals surface area contributed by atoms with Crippen molar-refractivity contribution in [3.05, 3.63) is 87.9 Å². The number of benzene rings is 3. The van der Waals surface area contributed by atoms with Crippen molar-refractivity contribution in [3.8, 4) is 11.5 Å². The lowest BCUT2D eigenvalue weighted by Crippen LogP contribution is -2.29. The molecule has 0 atom stereocenters. The summed E-state index contributed by atoms with van der Waals surface area (Å²) < 4.78 is 11.4. The van der Waals surface area contributed by atoms with E-state index in [9.17, 15) is 4.79 Å². The van der Waals surface area contributed by atoms with Crippen LogP contribution in [0.25, 0.3) is 6.08 Å². The maximum absolute atomic E-state index is 12.4. The van der Waals surface area contributed by atoms with Crippen molar-refractivity contribution < 1.29 is 14.3 Å². The Balaban J connectivity index is 1.35. The Morgan fingerprint density at radius 2 is 1.69 bits per heavy atom. The monoisotopic (exact) mass is 510 g/mol. The third-order valence-electron chi connectivity index (χ3n) is 5.90. The Morgan fingerprint density at radius 1 is 0.971 bits per heavy atom. The smallest absolute Gasteiger partial charge is 0.248 e. The fourth-order valence-electron chi connectivity index (χ4n) is 3.99. The van der Waals surface area contributed by atoms with Gasteiger partial charge in [-0.1, -0.05) is 35.3 Å². The molecule has 1 aliphatic rings. The van der Waals surface area contributed by atoms with E-state index in [0.29, 0.717) is 27.1 Å². The van der Waals surface area contributed by atoms with Gasteiger partial charge in [-0.15, -0.1) is 0 Å². The van der Waals surface area contributed by atoms with Gasteiger partial charge in [0.2, 0.25) is 5.91 Å². The Bertz CT molecular complexity index is 1170. The van der Waals surface area contributed by atoms with Gasteiger partial charge < -0.3 is 19.7 Å². The molecule has 1 amide bonds. The number of nitrogens with one attached hydrogen (secondary N) is 1. The highest BCUT2D eigenvalue weighted by Crippen LogP contribution is 2.31. The predicted molar refractivity (Wildman–Crippen MR) is 144 cm³/mol. The second-order valence-corrected chi connectivity index (χ2v) is 9.13. The molecule has 0 aromatic heterocycles. The SMILES string of the molecule is COc1cc(/C=C/C(=O)Nc2ccc(N3CCCCC3)cc2)ccc1OCc1c(Cl)cccc1Cl.